The fourth-order valence-corrected chi connectivity index (χ4v) is 3.86. The maximum atomic E-state index is 14.4. The molecule has 0 saturated carbocycles. The number of aryl methyl sites for hydroxylation is 1. The van der Waals surface area contributed by atoms with Crippen LogP contribution in [0.25, 0.3) is 22.7 Å². The molecule has 4 aromatic heterocycles. The quantitative estimate of drug-likeness (QED) is 0.545. The number of imidazole rings is 1. The van der Waals surface area contributed by atoms with E-state index in [1.54, 1.807) is 23.7 Å². The highest BCUT2D eigenvalue weighted by atomic mass is 35.5. The van der Waals surface area contributed by atoms with Gasteiger partial charge >= 0.3 is 5.69 Å². The zero-order valence-electron chi connectivity index (χ0n) is 15.8. The van der Waals surface area contributed by atoms with Gasteiger partial charge in [0.15, 0.2) is 17.3 Å². The molecule has 5 rings (SSSR count). The molecule has 1 aliphatic heterocycles. The highest BCUT2D eigenvalue weighted by Gasteiger charge is 2.17. The van der Waals surface area contributed by atoms with Crippen molar-refractivity contribution >= 4 is 23.7 Å². The summed E-state index contributed by atoms with van der Waals surface area (Å²) in [5, 5.41) is 3.35. The number of rotatable bonds is 2. The van der Waals surface area contributed by atoms with E-state index in [1.807, 2.05) is 18.3 Å². The summed E-state index contributed by atoms with van der Waals surface area (Å²) in [5.41, 5.74) is 2.58. The molecular weight excluding hydrogens is 395 g/mol. The zero-order chi connectivity index (χ0) is 19.3. The molecule has 0 aliphatic carbocycles. The minimum atomic E-state index is -0.476. The van der Waals surface area contributed by atoms with Crippen LogP contribution in [0, 0.1) is 12.7 Å². The van der Waals surface area contributed by atoms with Crippen molar-refractivity contribution in [2.24, 2.45) is 0 Å². The van der Waals surface area contributed by atoms with Gasteiger partial charge in [-0.2, -0.15) is 4.98 Å². The maximum Gasteiger partial charge on any atom is 0.355 e. The summed E-state index contributed by atoms with van der Waals surface area (Å²) >= 11 is 0. The van der Waals surface area contributed by atoms with E-state index in [1.165, 1.54) is 10.5 Å². The molecule has 150 valence electrons. The van der Waals surface area contributed by atoms with E-state index in [4.69, 9.17) is 0 Å². The third-order valence-electron chi connectivity index (χ3n) is 5.27. The second-order valence-electron chi connectivity index (χ2n) is 7.23. The van der Waals surface area contributed by atoms with E-state index in [9.17, 15) is 9.18 Å². The van der Waals surface area contributed by atoms with Gasteiger partial charge in [-0.15, -0.1) is 12.4 Å². The van der Waals surface area contributed by atoms with Gasteiger partial charge in [-0.05, 0) is 56.5 Å². The predicted molar refractivity (Wildman–Crippen MR) is 110 cm³/mol. The lowest BCUT2D eigenvalue weighted by Crippen LogP contribution is -2.27. The molecule has 5 heterocycles. The first-order valence-corrected chi connectivity index (χ1v) is 9.35. The first-order valence-electron chi connectivity index (χ1n) is 9.35. The predicted octanol–water partition coefficient (Wildman–Crippen LogP) is 2.74. The van der Waals surface area contributed by atoms with E-state index in [2.05, 4.69) is 20.3 Å². The Morgan fingerprint density at radius 2 is 1.90 bits per heavy atom. The third-order valence-corrected chi connectivity index (χ3v) is 5.27. The molecule has 0 radical (unpaired) electrons. The first kappa shape index (κ1) is 19.5. The van der Waals surface area contributed by atoms with Crippen LogP contribution in [0.1, 0.15) is 30.0 Å². The van der Waals surface area contributed by atoms with Crippen LogP contribution < -0.4 is 11.0 Å². The van der Waals surface area contributed by atoms with E-state index in [0.717, 1.165) is 31.5 Å². The lowest BCUT2D eigenvalue weighted by atomic mass is 9.91. The zero-order valence-corrected chi connectivity index (χ0v) is 16.6. The number of hydrogen-bond donors (Lipinski definition) is 1. The molecule has 1 N–H and O–H groups in total. The molecule has 0 atom stereocenters. The van der Waals surface area contributed by atoms with Crippen LogP contribution >= 0.6 is 12.4 Å². The minimum absolute atomic E-state index is 0. The molecule has 0 amide bonds. The van der Waals surface area contributed by atoms with Gasteiger partial charge in [-0.25, -0.2) is 19.2 Å². The monoisotopic (exact) mass is 414 g/mol. The normalized spacial score (nSPS) is 15.0. The summed E-state index contributed by atoms with van der Waals surface area (Å²) in [6, 6.07) is 5.17. The number of aromatic nitrogens is 5. The lowest BCUT2D eigenvalue weighted by molar-refractivity contribution is 0.459. The Labute approximate surface area is 172 Å². The molecule has 1 aliphatic rings. The summed E-state index contributed by atoms with van der Waals surface area (Å²) < 4.78 is 17.4. The summed E-state index contributed by atoms with van der Waals surface area (Å²) in [6.07, 6.45) is 7.33. The summed E-state index contributed by atoms with van der Waals surface area (Å²) in [6.45, 7) is 3.76. The molecule has 29 heavy (non-hydrogen) atoms. The van der Waals surface area contributed by atoms with Crippen molar-refractivity contribution in [1.82, 2.24) is 29.1 Å². The Morgan fingerprint density at radius 1 is 1.10 bits per heavy atom. The number of nitrogens with one attached hydrogen (secondary N) is 1. The average molecular weight is 415 g/mol. The molecule has 1 fully saturated rings. The van der Waals surface area contributed by atoms with Crippen LogP contribution in [0.15, 0.2) is 41.6 Å². The Balaban J connectivity index is 0.00000205. The second-order valence-corrected chi connectivity index (χ2v) is 7.23. The fourth-order valence-electron chi connectivity index (χ4n) is 3.86. The van der Waals surface area contributed by atoms with Crippen LogP contribution in [-0.4, -0.2) is 36.8 Å². The third kappa shape index (κ3) is 3.49. The smallest absolute Gasteiger partial charge is 0.317 e. The van der Waals surface area contributed by atoms with Gasteiger partial charge in [-0.1, -0.05) is 6.07 Å². The van der Waals surface area contributed by atoms with Crippen molar-refractivity contribution in [3.8, 4) is 11.4 Å². The molecule has 4 aromatic rings. The number of piperidine rings is 1. The molecule has 0 spiro atoms. The number of hydrogen-bond acceptors (Lipinski definition) is 5. The van der Waals surface area contributed by atoms with Crippen molar-refractivity contribution < 1.29 is 4.39 Å². The van der Waals surface area contributed by atoms with Crippen LogP contribution in [0.5, 0.6) is 0 Å². The van der Waals surface area contributed by atoms with Gasteiger partial charge in [0.05, 0.1) is 5.69 Å². The second kappa shape index (κ2) is 7.53. The van der Waals surface area contributed by atoms with Gasteiger partial charge in [-0.3, -0.25) is 4.40 Å². The summed E-state index contributed by atoms with van der Waals surface area (Å²) in [5.74, 6) is 0.153. The van der Waals surface area contributed by atoms with Crippen molar-refractivity contribution in [1.29, 1.82) is 0 Å². The minimum Gasteiger partial charge on any atom is -0.317 e. The maximum absolute atomic E-state index is 14.4. The van der Waals surface area contributed by atoms with Gasteiger partial charge in [0.25, 0.3) is 0 Å². The largest absolute Gasteiger partial charge is 0.355 e. The van der Waals surface area contributed by atoms with Gasteiger partial charge in [0.2, 0.25) is 0 Å². The highest BCUT2D eigenvalue weighted by molar-refractivity contribution is 5.85. The molecule has 1 saturated heterocycles. The van der Waals surface area contributed by atoms with Crippen molar-refractivity contribution in [2.45, 2.75) is 25.7 Å². The lowest BCUT2D eigenvalue weighted by Gasteiger charge is -2.23. The topological polar surface area (TPSA) is 76.6 Å². The van der Waals surface area contributed by atoms with E-state index in [-0.39, 0.29) is 23.9 Å². The SMILES string of the molecule is Cc1cn2cc(-c3nc(=O)n4cc(C5CCNCC5)ccc4n3)cc(F)c2n1.Cl. The Bertz CT molecular complexity index is 1260. The van der Waals surface area contributed by atoms with Crippen molar-refractivity contribution in [3.63, 3.8) is 0 Å². The van der Waals surface area contributed by atoms with E-state index >= 15 is 0 Å². The standard InChI is InChI=1S/C20H19FN6O.ClH/c1-12-9-26-10-15(8-16(21)19(26)23-12)18-24-17-3-2-14(11-27(17)20(28)25-18)13-4-6-22-7-5-13;/h2-3,8-11,13,22H,4-7H2,1H3;1H. The van der Waals surface area contributed by atoms with Gasteiger partial charge in [0.1, 0.15) is 5.65 Å². The van der Waals surface area contributed by atoms with Crippen molar-refractivity contribution in [3.05, 3.63) is 64.3 Å². The molecule has 0 unspecified atom stereocenters. The Hall–Kier alpha value is -2.84. The van der Waals surface area contributed by atoms with Crippen LogP contribution in [-0.2, 0) is 0 Å². The number of nitrogens with zero attached hydrogens (tertiary/aromatic N) is 5. The average Bonchev–Trinajstić information content (AvgIpc) is 3.09. The fraction of sp³-hybridized carbons (Fsp3) is 0.300. The van der Waals surface area contributed by atoms with Crippen LogP contribution in [0.3, 0.4) is 0 Å². The Kier molecular flexibility index (Phi) is 5.06. The Morgan fingerprint density at radius 3 is 2.69 bits per heavy atom. The molecule has 0 aromatic carbocycles. The molecular formula is C20H20ClFN6O. The molecule has 9 heteroatoms. The number of pyridine rings is 2. The number of fused-ring (bicyclic) bond motifs is 2. The first-order chi connectivity index (χ1) is 13.6. The summed E-state index contributed by atoms with van der Waals surface area (Å²) in [7, 11) is 0. The van der Waals surface area contributed by atoms with Crippen molar-refractivity contribution in [2.75, 3.05) is 13.1 Å². The highest BCUT2D eigenvalue weighted by Crippen LogP contribution is 2.25. The van der Waals surface area contributed by atoms with Crippen LogP contribution in [0.2, 0.25) is 0 Å². The molecule has 0 bridgehead atoms. The number of halogens is 2. The van der Waals surface area contributed by atoms with E-state index in [0.29, 0.717) is 22.8 Å². The van der Waals surface area contributed by atoms with Gasteiger partial charge in [0, 0.05) is 24.2 Å². The summed E-state index contributed by atoms with van der Waals surface area (Å²) in [4.78, 5) is 25.4. The van der Waals surface area contributed by atoms with Gasteiger partial charge < -0.3 is 9.72 Å². The van der Waals surface area contributed by atoms with Crippen LogP contribution in [0.4, 0.5) is 4.39 Å². The molecule has 7 nitrogen and oxygen atoms in total. The van der Waals surface area contributed by atoms with E-state index < -0.39 is 11.5 Å².